The number of aromatic amines is 2. The first-order valence-electron chi connectivity index (χ1n) is 11.7. The second-order valence-electron chi connectivity index (χ2n) is 8.43. The van der Waals surface area contributed by atoms with Crippen molar-refractivity contribution in [3.8, 4) is 11.4 Å². The van der Waals surface area contributed by atoms with Crippen LogP contribution in [0, 0.1) is 0 Å². The summed E-state index contributed by atoms with van der Waals surface area (Å²) >= 11 is 0. The summed E-state index contributed by atoms with van der Waals surface area (Å²) in [7, 11) is 1.55. The van der Waals surface area contributed by atoms with E-state index in [9.17, 15) is 19.2 Å². The van der Waals surface area contributed by atoms with Gasteiger partial charge in [-0.1, -0.05) is 31.2 Å². The third kappa shape index (κ3) is 5.10. The van der Waals surface area contributed by atoms with Crippen molar-refractivity contribution < 1.29 is 14.4 Å². The minimum absolute atomic E-state index is 0.111. The van der Waals surface area contributed by atoms with E-state index in [-0.39, 0.29) is 23.6 Å². The van der Waals surface area contributed by atoms with E-state index in [2.05, 4.69) is 15.0 Å². The van der Waals surface area contributed by atoms with Crippen molar-refractivity contribution in [2.24, 2.45) is 0 Å². The summed E-state index contributed by atoms with van der Waals surface area (Å²) in [5.41, 5.74) is 2.04. The fourth-order valence-electron chi connectivity index (χ4n) is 4.04. The zero-order chi connectivity index (χ0) is 25.7. The lowest BCUT2D eigenvalue weighted by molar-refractivity contribution is -0.125. The number of rotatable bonds is 9. The molecule has 0 fully saturated rings. The fraction of sp³-hybridized carbons (Fsp3) is 0.222. The van der Waals surface area contributed by atoms with Crippen LogP contribution in [0.15, 0.2) is 71.8 Å². The molecule has 1 aromatic carbocycles. The van der Waals surface area contributed by atoms with E-state index in [0.29, 0.717) is 40.9 Å². The Morgan fingerprint density at radius 1 is 0.944 bits per heavy atom. The number of carbonyl (C=O) groups excluding carboxylic acids is 3. The third-order valence-corrected chi connectivity index (χ3v) is 5.92. The van der Waals surface area contributed by atoms with Crippen LogP contribution in [-0.2, 0) is 4.79 Å². The molecule has 2 amide bonds. The minimum atomic E-state index is -0.675. The van der Waals surface area contributed by atoms with E-state index in [1.165, 1.54) is 23.4 Å². The Balaban J connectivity index is 1.50. The number of benzene rings is 1. The number of nitrogens with one attached hydrogen (secondary N) is 2. The highest BCUT2D eigenvalue weighted by Crippen LogP contribution is 2.26. The van der Waals surface area contributed by atoms with Crippen LogP contribution in [0.4, 0.5) is 0 Å². The SMILES string of the molecule is CCCN(CCN(C)C(=O)C(=O)c1c[nH]c2c(-c3cccc(=O)[nH]3)nccc12)C(=O)c1ccccc1. The maximum Gasteiger partial charge on any atom is 0.294 e. The lowest BCUT2D eigenvalue weighted by Crippen LogP contribution is -2.41. The zero-order valence-electron chi connectivity index (χ0n) is 20.2. The maximum absolute atomic E-state index is 13.1. The molecule has 9 heteroatoms. The summed E-state index contributed by atoms with van der Waals surface area (Å²) in [5.74, 6) is -1.45. The van der Waals surface area contributed by atoms with Crippen LogP contribution in [0.2, 0.25) is 0 Å². The van der Waals surface area contributed by atoms with E-state index in [4.69, 9.17) is 0 Å². The molecule has 3 heterocycles. The van der Waals surface area contributed by atoms with Gasteiger partial charge in [-0.3, -0.25) is 24.2 Å². The van der Waals surface area contributed by atoms with Crippen LogP contribution in [0.3, 0.4) is 0 Å². The number of ketones is 1. The molecule has 0 aliphatic heterocycles. The van der Waals surface area contributed by atoms with E-state index in [0.717, 1.165) is 6.42 Å². The van der Waals surface area contributed by atoms with E-state index < -0.39 is 11.7 Å². The average Bonchev–Trinajstić information content (AvgIpc) is 3.34. The second kappa shape index (κ2) is 10.8. The number of likely N-dealkylation sites (N-methyl/N-ethyl adjacent to an activating group) is 1. The summed E-state index contributed by atoms with van der Waals surface area (Å²) in [4.78, 5) is 63.8. The van der Waals surface area contributed by atoms with Gasteiger partial charge in [0.15, 0.2) is 0 Å². The molecule has 184 valence electrons. The van der Waals surface area contributed by atoms with Gasteiger partial charge in [0.1, 0.15) is 5.69 Å². The molecule has 0 aliphatic carbocycles. The van der Waals surface area contributed by atoms with Gasteiger partial charge in [-0.2, -0.15) is 0 Å². The summed E-state index contributed by atoms with van der Waals surface area (Å²) in [5, 5.41) is 0.531. The monoisotopic (exact) mass is 485 g/mol. The molecule has 4 rings (SSSR count). The zero-order valence-corrected chi connectivity index (χ0v) is 20.2. The first-order valence-corrected chi connectivity index (χ1v) is 11.7. The standard InChI is InChI=1S/C27H27N5O4/c1-3-14-32(26(35)18-8-5-4-6-9-18)16-15-31(2)27(36)25(34)20-17-29-23-19(20)12-13-28-24(23)21-10-7-11-22(33)30-21/h4-13,17,29H,3,14-16H2,1-2H3,(H,30,33). The molecule has 3 aromatic heterocycles. The number of nitrogens with zero attached hydrogens (tertiary/aromatic N) is 3. The second-order valence-corrected chi connectivity index (χ2v) is 8.43. The molecule has 0 saturated heterocycles. The molecule has 0 radical (unpaired) electrons. The molecule has 4 aromatic rings. The molecule has 0 unspecified atom stereocenters. The summed E-state index contributed by atoms with van der Waals surface area (Å²) in [6.07, 6.45) is 3.78. The van der Waals surface area contributed by atoms with Gasteiger partial charge < -0.3 is 19.8 Å². The Morgan fingerprint density at radius 2 is 1.72 bits per heavy atom. The Kier molecular flexibility index (Phi) is 7.39. The van der Waals surface area contributed by atoms with Crippen LogP contribution < -0.4 is 5.56 Å². The average molecular weight is 486 g/mol. The maximum atomic E-state index is 13.1. The van der Waals surface area contributed by atoms with Crippen molar-refractivity contribution in [1.82, 2.24) is 24.8 Å². The number of carbonyl (C=O) groups is 3. The Hall–Kier alpha value is -4.53. The van der Waals surface area contributed by atoms with Crippen molar-refractivity contribution in [1.29, 1.82) is 0 Å². The Bertz CT molecular complexity index is 1460. The first kappa shape index (κ1) is 24.6. The predicted molar refractivity (Wildman–Crippen MR) is 137 cm³/mol. The first-order chi connectivity index (χ1) is 17.4. The summed E-state index contributed by atoms with van der Waals surface area (Å²) in [6.45, 7) is 3.04. The molecule has 0 atom stereocenters. The lowest BCUT2D eigenvalue weighted by Gasteiger charge is -2.25. The van der Waals surface area contributed by atoms with Gasteiger partial charge in [0.25, 0.3) is 17.6 Å². The van der Waals surface area contributed by atoms with Crippen molar-refractivity contribution in [3.05, 3.63) is 88.5 Å². The van der Waals surface area contributed by atoms with E-state index in [1.807, 2.05) is 25.1 Å². The molecular formula is C27H27N5O4. The number of amides is 2. The molecule has 0 aliphatic rings. The smallest absolute Gasteiger partial charge is 0.294 e. The van der Waals surface area contributed by atoms with Gasteiger partial charge in [0.2, 0.25) is 5.56 Å². The minimum Gasteiger partial charge on any atom is -0.359 e. The topological polar surface area (TPSA) is 119 Å². The van der Waals surface area contributed by atoms with Gasteiger partial charge in [0.05, 0.1) is 16.8 Å². The number of pyridine rings is 2. The summed E-state index contributed by atoms with van der Waals surface area (Å²) < 4.78 is 0. The number of hydrogen-bond acceptors (Lipinski definition) is 5. The number of H-pyrrole nitrogens is 2. The predicted octanol–water partition coefficient (Wildman–Crippen LogP) is 3.11. The highest BCUT2D eigenvalue weighted by molar-refractivity contribution is 6.44. The lowest BCUT2D eigenvalue weighted by atomic mass is 10.1. The van der Waals surface area contributed by atoms with Crippen molar-refractivity contribution in [3.63, 3.8) is 0 Å². The highest BCUT2D eigenvalue weighted by Gasteiger charge is 2.25. The van der Waals surface area contributed by atoms with E-state index >= 15 is 0 Å². The third-order valence-electron chi connectivity index (χ3n) is 5.92. The largest absolute Gasteiger partial charge is 0.359 e. The molecule has 2 N–H and O–H groups in total. The molecular weight excluding hydrogens is 458 g/mol. The van der Waals surface area contributed by atoms with Gasteiger partial charge in [-0.25, -0.2) is 0 Å². The normalized spacial score (nSPS) is 10.8. The van der Waals surface area contributed by atoms with Gasteiger partial charge in [0, 0.05) is 56.1 Å². The number of aromatic nitrogens is 3. The van der Waals surface area contributed by atoms with Gasteiger partial charge in [-0.05, 0) is 30.7 Å². The molecule has 9 nitrogen and oxygen atoms in total. The summed E-state index contributed by atoms with van der Waals surface area (Å²) in [6, 6.07) is 15.4. The number of Topliss-reactive ketones (excluding diaryl/α,β-unsaturated/α-hetero) is 1. The van der Waals surface area contributed by atoms with Crippen LogP contribution in [0.5, 0.6) is 0 Å². The molecule has 36 heavy (non-hydrogen) atoms. The van der Waals surface area contributed by atoms with Crippen LogP contribution in [-0.4, -0.2) is 69.0 Å². The van der Waals surface area contributed by atoms with Crippen LogP contribution in [0.1, 0.15) is 34.1 Å². The quantitative estimate of drug-likeness (QED) is 0.279. The van der Waals surface area contributed by atoms with Gasteiger partial charge in [-0.15, -0.1) is 0 Å². The van der Waals surface area contributed by atoms with Crippen LogP contribution >= 0.6 is 0 Å². The molecule has 0 spiro atoms. The molecule has 0 bridgehead atoms. The Morgan fingerprint density at radius 3 is 2.44 bits per heavy atom. The van der Waals surface area contributed by atoms with Crippen molar-refractivity contribution in [2.75, 3.05) is 26.7 Å². The fourth-order valence-corrected chi connectivity index (χ4v) is 4.04. The number of hydrogen-bond donors (Lipinski definition) is 2. The molecule has 0 saturated carbocycles. The van der Waals surface area contributed by atoms with Gasteiger partial charge >= 0.3 is 0 Å². The van der Waals surface area contributed by atoms with Crippen LogP contribution in [0.25, 0.3) is 22.3 Å². The van der Waals surface area contributed by atoms with Crippen molar-refractivity contribution >= 4 is 28.5 Å². The highest BCUT2D eigenvalue weighted by atomic mass is 16.2. The van der Waals surface area contributed by atoms with E-state index in [1.54, 1.807) is 42.3 Å². The van der Waals surface area contributed by atoms with Crippen molar-refractivity contribution in [2.45, 2.75) is 13.3 Å². The number of fused-ring (bicyclic) bond motifs is 1. The Labute approximate surface area is 207 Å².